The van der Waals surface area contributed by atoms with Gasteiger partial charge in [0.25, 0.3) is 0 Å². The van der Waals surface area contributed by atoms with Crippen LogP contribution in [0.15, 0.2) is 46.9 Å². The van der Waals surface area contributed by atoms with E-state index in [1.165, 1.54) is 0 Å². The van der Waals surface area contributed by atoms with Crippen molar-refractivity contribution in [3.63, 3.8) is 0 Å². The van der Waals surface area contributed by atoms with Crippen molar-refractivity contribution in [1.29, 1.82) is 0 Å². The third kappa shape index (κ3) is 3.88. The highest BCUT2D eigenvalue weighted by Gasteiger charge is 2.14. The van der Waals surface area contributed by atoms with E-state index in [9.17, 15) is 0 Å². The Bertz CT molecular complexity index is 918. The van der Waals surface area contributed by atoms with Gasteiger partial charge >= 0.3 is 0 Å². The van der Waals surface area contributed by atoms with E-state index in [1.807, 2.05) is 54.6 Å². The zero-order valence-corrected chi connectivity index (χ0v) is 16.8. The SMILES string of the molecule is CCN(CC)c1nc(/C=C/c2ccc(Br)cc2)nc2c(OC)cccc12. The Morgan fingerprint density at radius 1 is 1.00 bits per heavy atom. The Balaban J connectivity index is 2.11. The van der Waals surface area contributed by atoms with Gasteiger partial charge in [0.1, 0.15) is 17.1 Å². The molecule has 1 aromatic heterocycles. The van der Waals surface area contributed by atoms with Gasteiger partial charge in [-0.25, -0.2) is 9.97 Å². The van der Waals surface area contributed by atoms with Crippen LogP contribution in [0.2, 0.25) is 0 Å². The van der Waals surface area contributed by atoms with Crippen molar-refractivity contribution >= 4 is 44.8 Å². The molecular formula is C21H22BrN3O. The fourth-order valence-corrected chi connectivity index (χ4v) is 3.14. The minimum absolute atomic E-state index is 0.673. The van der Waals surface area contributed by atoms with Gasteiger partial charge in [0.2, 0.25) is 0 Å². The van der Waals surface area contributed by atoms with Crippen LogP contribution in [0.25, 0.3) is 23.1 Å². The summed E-state index contributed by atoms with van der Waals surface area (Å²) in [5.74, 6) is 2.37. The van der Waals surface area contributed by atoms with Crippen molar-refractivity contribution in [3.05, 3.63) is 58.3 Å². The largest absolute Gasteiger partial charge is 0.494 e. The van der Waals surface area contributed by atoms with Gasteiger partial charge in [-0.3, -0.25) is 0 Å². The lowest BCUT2D eigenvalue weighted by Gasteiger charge is -2.22. The summed E-state index contributed by atoms with van der Waals surface area (Å²) in [7, 11) is 1.67. The molecule has 3 aromatic rings. The maximum Gasteiger partial charge on any atom is 0.155 e. The molecular weight excluding hydrogens is 390 g/mol. The molecule has 3 rings (SSSR count). The maximum absolute atomic E-state index is 5.52. The molecule has 26 heavy (non-hydrogen) atoms. The first-order valence-electron chi connectivity index (χ1n) is 8.69. The van der Waals surface area contributed by atoms with Gasteiger partial charge in [-0.15, -0.1) is 0 Å². The smallest absolute Gasteiger partial charge is 0.155 e. The number of nitrogens with zero attached hydrogens (tertiary/aromatic N) is 3. The first kappa shape index (κ1) is 18.4. The second-order valence-corrected chi connectivity index (χ2v) is 6.73. The summed E-state index contributed by atoms with van der Waals surface area (Å²) < 4.78 is 6.58. The number of rotatable bonds is 6. The number of hydrogen-bond acceptors (Lipinski definition) is 4. The molecule has 0 bridgehead atoms. The third-order valence-corrected chi connectivity index (χ3v) is 4.79. The summed E-state index contributed by atoms with van der Waals surface area (Å²) >= 11 is 3.46. The predicted molar refractivity (Wildman–Crippen MR) is 113 cm³/mol. The molecule has 5 heteroatoms. The normalized spacial score (nSPS) is 11.2. The molecule has 0 fully saturated rings. The average molecular weight is 412 g/mol. The van der Waals surface area contributed by atoms with Crippen LogP contribution in [0.5, 0.6) is 5.75 Å². The molecule has 0 amide bonds. The molecule has 0 atom stereocenters. The number of methoxy groups -OCH3 is 1. The van der Waals surface area contributed by atoms with E-state index in [2.05, 4.69) is 34.7 Å². The summed E-state index contributed by atoms with van der Waals surface area (Å²) in [6.07, 6.45) is 3.97. The molecule has 0 unspecified atom stereocenters. The van der Waals surface area contributed by atoms with E-state index >= 15 is 0 Å². The van der Waals surface area contributed by atoms with E-state index in [0.717, 1.165) is 45.6 Å². The number of halogens is 1. The Morgan fingerprint density at radius 2 is 1.73 bits per heavy atom. The molecule has 0 spiro atoms. The number of anilines is 1. The molecule has 2 aromatic carbocycles. The van der Waals surface area contributed by atoms with Crippen LogP contribution in [0.4, 0.5) is 5.82 Å². The van der Waals surface area contributed by atoms with Gasteiger partial charge in [0.05, 0.1) is 7.11 Å². The highest BCUT2D eigenvalue weighted by Crippen LogP contribution is 2.30. The molecule has 0 N–H and O–H groups in total. The Labute approximate surface area is 162 Å². The number of hydrogen-bond donors (Lipinski definition) is 0. The van der Waals surface area contributed by atoms with Crippen LogP contribution in [0.1, 0.15) is 25.2 Å². The summed E-state index contributed by atoms with van der Waals surface area (Å²) in [4.78, 5) is 11.8. The van der Waals surface area contributed by atoms with Crippen molar-refractivity contribution < 1.29 is 4.74 Å². The lowest BCUT2D eigenvalue weighted by Crippen LogP contribution is -2.23. The van der Waals surface area contributed by atoms with E-state index in [-0.39, 0.29) is 0 Å². The minimum Gasteiger partial charge on any atom is -0.494 e. The molecule has 0 aliphatic heterocycles. The van der Waals surface area contributed by atoms with Crippen LogP contribution in [-0.2, 0) is 0 Å². The highest BCUT2D eigenvalue weighted by atomic mass is 79.9. The van der Waals surface area contributed by atoms with Gasteiger partial charge < -0.3 is 9.64 Å². The first-order chi connectivity index (χ1) is 12.7. The fourth-order valence-electron chi connectivity index (χ4n) is 2.87. The molecule has 134 valence electrons. The van der Waals surface area contributed by atoms with Gasteiger partial charge in [-0.05, 0) is 49.8 Å². The van der Waals surface area contributed by atoms with Crippen LogP contribution in [0, 0.1) is 0 Å². The molecule has 0 aliphatic carbocycles. The van der Waals surface area contributed by atoms with E-state index in [1.54, 1.807) is 7.11 Å². The van der Waals surface area contributed by atoms with Crippen molar-refractivity contribution in [1.82, 2.24) is 9.97 Å². The Kier molecular flexibility index (Phi) is 5.89. The van der Waals surface area contributed by atoms with E-state index in [4.69, 9.17) is 14.7 Å². The lowest BCUT2D eigenvalue weighted by atomic mass is 10.2. The molecule has 0 aliphatic rings. The number of fused-ring (bicyclic) bond motifs is 1. The number of para-hydroxylation sites is 1. The summed E-state index contributed by atoms with van der Waals surface area (Å²) in [5, 5.41) is 1.01. The van der Waals surface area contributed by atoms with Gasteiger partial charge in [-0.1, -0.05) is 40.2 Å². The highest BCUT2D eigenvalue weighted by molar-refractivity contribution is 9.10. The number of ether oxygens (including phenoxy) is 1. The van der Waals surface area contributed by atoms with Crippen LogP contribution in [-0.4, -0.2) is 30.2 Å². The lowest BCUT2D eigenvalue weighted by molar-refractivity contribution is 0.419. The minimum atomic E-state index is 0.673. The molecule has 4 nitrogen and oxygen atoms in total. The van der Waals surface area contributed by atoms with Gasteiger partial charge in [0.15, 0.2) is 5.82 Å². The maximum atomic E-state index is 5.52. The van der Waals surface area contributed by atoms with Crippen LogP contribution >= 0.6 is 15.9 Å². The number of aromatic nitrogens is 2. The van der Waals surface area contributed by atoms with Crippen molar-refractivity contribution in [3.8, 4) is 5.75 Å². The molecule has 0 saturated heterocycles. The fraction of sp³-hybridized carbons (Fsp3) is 0.238. The summed E-state index contributed by atoms with van der Waals surface area (Å²) in [6.45, 7) is 6.04. The van der Waals surface area contributed by atoms with Crippen LogP contribution in [0.3, 0.4) is 0 Å². The summed E-state index contributed by atoms with van der Waals surface area (Å²) in [5.41, 5.74) is 1.93. The topological polar surface area (TPSA) is 38.2 Å². The van der Waals surface area contributed by atoms with Crippen molar-refractivity contribution in [2.75, 3.05) is 25.1 Å². The second kappa shape index (κ2) is 8.32. The van der Waals surface area contributed by atoms with E-state index < -0.39 is 0 Å². The quantitative estimate of drug-likeness (QED) is 0.542. The van der Waals surface area contributed by atoms with Crippen molar-refractivity contribution in [2.45, 2.75) is 13.8 Å². The van der Waals surface area contributed by atoms with Gasteiger partial charge in [0, 0.05) is 22.9 Å². The predicted octanol–water partition coefficient (Wildman–Crippen LogP) is 5.42. The van der Waals surface area contributed by atoms with E-state index in [0.29, 0.717) is 5.82 Å². The second-order valence-electron chi connectivity index (χ2n) is 5.82. The Morgan fingerprint density at radius 3 is 2.38 bits per heavy atom. The molecule has 1 heterocycles. The zero-order valence-electron chi connectivity index (χ0n) is 15.2. The number of benzene rings is 2. The molecule has 0 radical (unpaired) electrons. The zero-order chi connectivity index (χ0) is 18.5. The first-order valence-corrected chi connectivity index (χ1v) is 9.49. The average Bonchev–Trinajstić information content (AvgIpc) is 2.68. The summed E-state index contributed by atoms with van der Waals surface area (Å²) in [6, 6.07) is 14.1. The Hall–Kier alpha value is -2.40. The molecule has 0 saturated carbocycles. The standard InChI is InChI=1S/C21H22BrN3O/c1-4-25(5-2)21-17-7-6-8-18(26-3)20(17)23-19(24-21)14-11-15-9-12-16(22)13-10-15/h6-14H,4-5H2,1-3H3/b14-11+. The van der Waals surface area contributed by atoms with Crippen LogP contribution < -0.4 is 9.64 Å². The third-order valence-electron chi connectivity index (χ3n) is 4.26. The monoisotopic (exact) mass is 411 g/mol. The van der Waals surface area contributed by atoms with Crippen molar-refractivity contribution in [2.24, 2.45) is 0 Å². The van der Waals surface area contributed by atoms with Gasteiger partial charge in [-0.2, -0.15) is 0 Å².